The number of hydrogen-bond acceptors (Lipinski definition) is 3. The number of rotatable bonds is 6. The molecule has 0 saturated heterocycles. The van der Waals surface area contributed by atoms with E-state index < -0.39 is 0 Å². The first-order chi connectivity index (χ1) is 8.91. The quantitative estimate of drug-likeness (QED) is 0.784. The van der Waals surface area contributed by atoms with Crippen molar-refractivity contribution in [1.29, 1.82) is 0 Å². The van der Waals surface area contributed by atoms with Crippen LogP contribution in [0.4, 0.5) is 0 Å². The third-order valence-electron chi connectivity index (χ3n) is 3.03. The fourth-order valence-electron chi connectivity index (χ4n) is 1.78. The topological polar surface area (TPSA) is 32.8 Å². The summed E-state index contributed by atoms with van der Waals surface area (Å²) in [5, 5.41) is 0. The van der Waals surface area contributed by atoms with E-state index in [-0.39, 0.29) is 5.91 Å². The molecule has 1 aromatic rings. The van der Waals surface area contributed by atoms with Crippen LogP contribution in [-0.2, 0) is 4.79 Å². The van der Waals surface area contributed by atoms with Crippen LogP contribution < -0.4 is 4.74 Å². The zero-order valence-corrected chi connectivity index (χ0v) is 12.6. The number of likely N-dealkylation sites (N-methyl/N-ethyl adjacent to an activating group) is 2. The summed E-state index contributed by atoms with van der Waals surface area (Å²) in [6.07, 6.45) is 0. The van der Waals surface area contributed by atoms with Gasteiger partial charge in [-0.05, 0) is 32.0 Å². The summed E-state index contributed by atoms with van der Waals surface area (Å²) in [5.41, 5.74) is 2.29. The maximum Gasteiger partial charge on any atom is 0.236 e. The Balaban J connectivity index is 2.40. The molecule has 0 atom stereocenters. The first-order valence-corrected chi connectivity index (χ1v) is 6.49. The molecule has 0 saturated carbocycles. The molecule has 1 rings (SSSR count). The predicted molar refractivity (Wildman–Crippen MR) is 77.6 cm³/mol. The molecule has 0 unspecified atom stereocenters. The van der Waals surface area contributed by atoms with E-state index in [9.17, 15) is 4.79 Å². The molecule has 0 aliphatic heterocycles. The molecule has 19 heavy (non-hydrogen) atoms. The fraction of sp³-hybridized carbons (Fsp3) is 0.533. The van der Waals surface area contributed by atoms with Crippen molar-refractivity contribution in [2.24, 2.45) is 0 Å². The predicted octanol–water partition coefficient (Wildman–Crippen LogP) is 1.70. The molecule has 106 valence electrons. The van der Waals surface area contributed by atoms with E-state index in [0.29, 0.717) is 13.2 Å². The van der Waals surface area contributed by atoms with E-state index in [2.05, 4.69) is 0 Å². The van der Waals surface area contributed by atoms with Gasteiger partial charge in [-0.25, -0.2) is 0 Å². The highest BCUT2D eigenvalue weighted by Gasteiger charge is 2.09. The third kappa shape index (κ3) is 4.91. The van der Waals surface area contributed by atoms with Gasteiger partial charge in [0.25, 0.3) is 0 Å². The molecule has 0 aliphatic rings. The zero-order chi connectivity index (χ0) is 14.4. The van der Waals surface area contributed by atoms with Crippen LogP contribution in [0.25, 0.3) is 0 Å². The van der Waals surface area contributed by atoms with Crippen LogP contribution in [-0.4, -0.2) is 56.5 Å². The SMILES string of the molecule is Cc1cccc(C)c1OCCN(C)CC(=O)N(C)C. The van der Waals surface area contributed by atoms with Crippen molar-refractivity contribution < 1.29 is 9.53 Å². The van der Waals surface area contributed by atoms with E-state index in [1.807, 2.05) is 44.0 Å². The van der Waals surface area contributed by atoms with Gasteiger partial charge in [0.15, 0.2) is 0 Å². The van der Waals surface area contributed by atoms with Gasteiger partial charge in [-0.2, -0.15) is 0 Å². The lowest BCUT2D eigenvalue weighted by molar-refractivity contribution is -0.129. The minimum absolute atomic E-state index is 0.106. The lowest BCUT2D eigenvalue weighted by atomic mass is 10.1. The molecule has 0 aromatic heterocycles. The Morgan fingerprint density at radius 2 is 1.74 bits per heavy atom. The van der Waals surface area contributed by atoms with Crippen molar-refractivity contribution in [3.05, 3.63) is 29.3 Å². The summed E-state index contributed by atoms with van der Waals surface area (Å²) in [6, 6.07) is 6.11. The molecule has 4 nitrogen and oxygen atoms in total. The molecule has 0 N–H and O–H groups in total. The lowest BCUT2D eigenvalue weighted by Gasteiger charge is -2.19. The van der Waals surface area contributed by atoms with Gasteiger partial charge in [-0.3, -0.25) is 9.69 Å². The van der Waals surface area contributed by atoms with Crippen LogP contribution in [0.2, 0.25) is 0 Å². The summed E-state index contributed by atoms with van der Waals surface area (Å²) in [5.74, 6) is 1.06. The minimum atomic E-state index is 0.106. The molecule has 0 aliphatic carbocycles. The summed E-state index contributed by atoms with van der Waals surface area (Å²) in [4.78, 5) is 15.1. The van der Waals surface area contributed by atoms with Crippen LogP contribution in [0, 0.1) is 13.8 Å². The Labute approximate surface area is 116 Å². The average Bonchev–Trinajstić information content (AvgIpc) is 2.32. The number of ether oxygens (including phenoxy) is 1. The zero-order valence-electron chi connectivity index (χ0n) is 12.6. The first kappa shape index (κ1) is 15.5. The Bertz CT molecular complexity index is 410. The van der Waals surface area contributed by atoms with Gasteiger partial charge in [0.1, 0.15) is 12.4 Å². The van der Waals surface area contributed by atoms with Crippen molar-refractivity contribution in [1.82, 2.24) is 9.80 Å². The van der Waals surface area contributed by atoms with E-state index in [1.165, 1.54) is 0 Å². The maximum absolute atomic E-state index is 11.5. The standard InChI is InChI=1S/C15H24N2O2/c1-12-7-6-8-13(2)15(12)19-10-9-17(5)11-14(18)16(3)4/h6-8H,9-11H2,1-5H3. The van der Waals surface area contributed by atoms with Gasteiger partial charge in [0, 0.05) is 20.6 Å². The van der Waals surface area contributed by atoms with Crippen LogP contribution in [0.5, 0.6) is 5.75 Å². The summed E-state index contributed by atoms with van der Waals surface area (Å²) < 4.78 is 5.81. The summed E-state index contributed by atoms with van der Waals surface area (Å²) in [7, 11) is 5.46. The smallest absolute Gasteiger partial charge is 0.236 e. The molecular weight excluding hydrogens is 240 g/mol. The Morgan fingerprint density at radius 1 is 1.16 bits per heavy atom. The van der Waals surface area contributed by atoms with Gasteiger partial charge in [-0.15, -0.1) is 0 Å². The first-order valence-electron chi connectivity index (χ1n) is 6.49. The second-order valence-electron chi connectivity index (χ2n) is 5.10. The fourth-order valence-corrected chi connectivity index (χ4v) is 1.78. The number of carbonyl (C=O) groups is 1. The highest BCUT2D eigenvalue weighted by molar-refractivity contribution is 5.77. The maximum atomic E-state index is 11.5. The Kier molecular flexibility index (Phi) is 5.83. The van der Waals surface area contributed by atoms with E-state index in [1.54, 1.807) is 19.0 Å². The molecule has 0 fully saturated rings. The molecule has 0 heterocycles. The van der Waals surface area contributed by atoms with Crippen LogP contribution in [0.3, 0.4) is 0 Å². The number of aryl methyl sites for hydroxylation is 2. The highest BCUT2D eigenvalue weighted by atomic mass is 16.5. The molecule has 0 spiro atoms. The minimum Gasteiger partial charge on any atom is -0.492 e. The van der Waals surface area contributed by atoms with Crippen molar-refractivity contribution in [3.8, 4) is 5.75 Å². The molecule has 4 heteroatoms. The van der Waals surface area contributed by atoms with Crippen molar-refractivity contribution in [2.75, 3.05) is 40.8 Å². The summed E-state index contributed by atoms with van der Waals surface area (Å²) >= 11 is 0. The Morgan fingerprint density at radius 3 is 2.26 bits per heavy atom. The summed E-state index contributed by atoms with van der Waals surface area (Å²) in [6.45, 7) is 5.82. The molecule has 0 radical (unpaired) electrons. The number of hydrogen-bond donors (Lipinski definition) is 0. The highest BCUT2D eigenvalue weighted by Crippen LogP contribution is 2.21. The molecular formula is C15H24N2O2. The number of carbonyl (C=O) groups excluding carboxylic acids is 1. The average molecular weight is 264 g/mol. The van der Waals surface area contributed by atoms with Crippen LogP contribution in [0.15, 0.2) is 18.2 Å². The third-order valence-corrected chi connectivity index (χ3v) is 3.03. The van der Waals surface area contributed by atoms with Crippen molar-refractivity contribution in [2.45, 2.75) is 13.8 Å². The molecule has 0 bridgehead atoms. The second kappa shape index (κ2) is 7.14. The largest absolute Gasteiger partial charge is 0.492 e. The van der Waals surface area contributed by atoms with Crippen molar-refractivity contribution in [3.63, 3.8) is 0 Å². The molecule has 1 amide bonds. The van der Waals surface area contributed by atoms with Crippen molar-refractivity contribution >= 4 is 5.91 Å². The number of benzene rings is 1. The number of para-hydroxylation sites is 1. The van der Waals surface area contributed by atoms with E-state index in [0.717, 1.165) is 23.4 Å². The van der Waals surface area contributed by atoms with Gasteiger partial charge in [-0.1, -0.05) is 18.2 Å². The number of amides is 1. The van der Waals surface area contributed by atoms with Gasteiger partial charge in [0.2, 0.25) is 5.91 Å². The Hall–Kier alpha value is -1.55. The number of nitrogens with zero attached hydrogens (tertiary/aromatic N) is 2. The molecule has 1 aromatic carbocycles. The van der Waals surface area contributed by atoms with Gasteiger partial charge in [0.05, 0.1) is 6.54 Å². The van der Waals surface area contributed by atoms with E-state index in [4.69, 9.17) is 4.74 Å². The normalized spacial score (nSPS) is 10.6. The van der Waals surface area contributed by atoms with Crippen LogP contribution >= 0.6 is 0 Å². The van der Waals surface area contributed by atoms with E-state index >= 15 is 0 Å². The second-order valence-corrected chi connectivity index (χ2v) is 5.10. The van der Waals surface area contributed by atoms with Gasteiger partial charge >= 0.3 is 0 Å². The lowest BCUT2D eigenvalue weighted by Crippen LogP contribution is -2.36. The van der Waals surface area contributed by atoms with Gasteiger partial charge < -0.3 is 9.64 Å². The van der Waals surface area contributed by atoms with Crippen LogP contribution in [0.1, 0.15) is 11.1 Å². The monoisotopic (exact) mass is 264 g/mol.